The molecule has 26 heavy (non-hydrogen) atoms. The van der Waals surface area contributed by atoms with Gasteiger partial charge in [-0.25, -0.2) is 9.97 Å². The summed E-state index contributed by atoms with van der Waals surface area (Å²) < 4.78 is 10.9. The van der Waals surface area contributed by atoms with Gasteiger partial charge in [-0.2, -0.15) is 0 Å². The molecule has 146 valence electrons. The van der Waals surface area contributed by atoms with Crippen LogP contribution in [0.15, 0.2) is 12.5 Å². The molecule has 2 N–H and O–H groups in total. The molecule has 0 spiro atoms. The second kappa shape index (κ2) is 9.09. The van der Waals surface area contributed by atoms with E-state index in [4.69, 9.17) is 4.43 Å². The lowest BCUT2D eigenvalue weighted by Crippen LogP contribution is -2.43. The van der Waals surface area contributed by atoms with Crippen LogP contribution in [-0.2, 0) is 18.8 Å². The Labute approximate surface area is 156 Å². The van der Waals surface area contributed by atoms with Gasteiger partial charge in [0.1, 0.15) is 12.0 Å². The van der Waals surface area contributed by atoms with Gasteiger partial charge in [0.15, 0.2) is 20.7 Å². The zero-order chi connectivity index (χ0) is 20.0. The van der Waals surface area contributed by atoms with Crippen LogP contribution in [0.4, 0.5) is 11.5 Å². The monoisotopic (exact) mass is 382 g/mol. The first kappa shape index (κ1) is 22.0. The Bertz CT molecular complexity index is 631. The van der Waals surface area contributed by atoms with E-state index < -0.39 is 20.2 Å². The first-order valence-corrected chi connectivity index (χ1v) is 11.5. The fourth-order valence-corrected chi connectivity index (χ4v) is 2.81. The van der Waals surface area contributed by atoms with E-state index in [0.29, 0.717) is 18.1 Å². The Kier molecular flexibility index (Phi) is 7.70. The maximum Gasteiger partial charge on any atom is 0.303 e. The Morgan fingerprint density at radius 2 is 1.96 bits per heavy atom. The number of hydrogen-bond acceptors (Lipinski definition) is 7. The van der Waals surface area contributed by atoms with Crippen LogP contribution in [0, 0.1) is 0 Å². The molecule has 0 bridgehead atoms. The molecule has 0 aliphatic heterocycles. The van der Waals surface area contributed by atoms with Gasteiger partial charge in [0.2, 0.25) is 0 Å². The molecule has 8 nitrogen and oxygen atoms in total. The molecule has 1 atom stereocenters. The van der Waals surface area contributed by atoms with Crippen molar-refractivity contribution in [2.45, 2.75) is 58.8 Å². The SMILES string of the molecule is CC(=O)OCC(=O)Nc1cncnc1N[C@@H](C)CO[Si](C)(C)C(C)(C)C. The van der Waals surface area contributed by atoms with E-state index in [0.717, 1.165) is 0 Å². The highest BCUT2D eigenvalue weighted by atomic mass is 28.4. The lowest BCUT2D eigenvalue weighted by molar-refractivity contribution is -0.144. The number of amides is 1. The smallest absolute Gasteiger partial charge is 0.303 e. The molecular formula is C17H30N4O4Si. The number of esters is 1. The van der Waals surface area contributed by atoms with Crippen LogP contribution in [0.25, 0.3) is 0 Å². The van der Waals surface area contributed by atoms with Crippen molar-refractivity contribution in [3.63, 3.8) is 0 Å². The summed E-state index contributed by atoms with van der Waals surface area (Å²) in [5.74, 6) is -0.482. The number of nitrogens with zero attached hydrogens (tertiary/aromatic N) is 2. The number of ether oxygens (including phenoxy) is 1. The van der Waals surface area contributed by atoms with Gasteiger partial charge in [-0.3, -0.25) is 9.59 Å². The summed E-state index contributed by atoms with van der Waals surface area (Å²) in [7, 11) is -1.84. The van der Waals surface area contributed by atoms with Gasteiger partial charge in [-0.15, -0.1) is 0 Å². The van der Waals surface area contributed by atoms with Gasteiger partial charge in [0.25, 0.3) is 5.91 Å². The van der Waals surface area contributed by atoms with Gasteiger partial charge >= 0.3 is 5.97 Å². The third kappa shape index (κ3) is 7.09. The van der Waals surface area contributed by atoms with Crippen molar-refractivity contribution in [2.24, 2.45) is 0 Å². The predicted molar refractivity (Wildman–Crippen MR) is 104 cm³/mol. The Morgan fingerprint density at radius 3 is 2.54 bits per heavy atom. The van der Waals surface area contributed by atoms with Gasteiger partial charge in [0, 0.05) is 13.0 Å². The van der Waals surface area contributed by atoms with E-state index in [1.54, 1.807) is 0 Å². The fraction of sp³-hybridized carbons (Fsp3) is 0.647. The standard InChI is InChI=1S/C17H30N4O4Si/c1-12(9-25-26(6,7)17(3,4)5)20-16-14(8-18-11-19-16)21-15(23)10-24-13(2)22/h8,11-12H,9-10H2,1-7H3,(H,21,23)(H,18,19,20)/t12-/m0/s1. The summed E-state index contributed by atoms with van der Waals surface area (Å²) in [6.07, 6.45) is 2.88. The zero-order valence-electron chi connectivity index (χ0n) is 16.7. The number of nitrogens with one attached hydrogen (secondary N) is 2. The summed E-state index contributed by atoms with van der Waals surface area (Å²) in [4.78, 5) is 30.7. The lowest BCUT2D eigenvalue weighted by Gasteiger charge is -2.37. The van der Waals surface area contributed by atoms with Crippen LogP contribution < -0.4 is 10.6 Å². The van der Waals surface area contributed by atoms with Crippen molar-refractivity contribution in [1.82, 2.24) is 9.97 Å². The first-order valence-electron chi connectivity index (χ1n) is 8.56. The molecule has 9 heteroatoms. The minimum Gasteiger partial charge on any atom is -0.456 e. The normalized spacial score (nSPS) is 13.0. The topological polar surface area (TPSA) is 102 Å². The molecule has 1 aromatic heterocycles. The molecule has 1 rings (SSSR count). The molecule has 0 aromatic carbocycles. The van der Waals surface area contributed by atoms with Crippen LogP contribution in [0.5, 0.6) is 0 Å². The lowest BCUT2D eigenvalue weighted by atomic mass is 10.2. The number of rotatable bonds is 8. The number of carbonyl (C=O) groups excluding carboxylic acids is 2. The number of carbonyl (C=O) groups is 2. The highest BCUT2D eigenvalue weighted by Gasteiger charge is 2.37. The van der Waals surface area contributed by atoms with E-state index in [1.165, 1.54) is 19.4 Å². The maximum absolute atomic E-state index is 11.8. The molecule has 0 saturated carbocycles. The van der Waals surface area contributed by atoms with Gasteiger partial charge < -0.3 is 19.8 Å². The first-order chi connectivity index (χ1) is 11.9. The van der Waals surface area contributed by atoms with E-state index in [2.05, 4.69) is 59.2 Å². The third-order valence-corrected chi connectivity index (χ3v) is 8.78. The van der Waals surface area contributed by atoms with Crippen molar-refractivity contribution in [1.29, 1.82) is 0 Å². The maximum atomic E-state index is 11.8. The predicted octanol–water partition coefficient (Wildman–Crippen LogP) is 2.80. The van der Waals surface area contributed by atoms with Crippen LogP contribution in [0.1, 0.15) is 34.6 Å². The second-order valence-corrected chi connectivity index (χ2v) is 12.5. The highest BCUT2D eigenvalue weighted by molar-refractivity contribution is 6.74. The van der Waals surface area contributed by atoms with Crippen LogP contribution >= 0.6 is 0 Å². The molecular weight excluding hydrogens is 352 g/mol. The molecule has 0 aliphatic carbocycles. The van der Waals surface area contributed by atoms with Gasteiger partial charge in [0.05, 0.1) is 12.8 Å². The van der Waals surface area contributed by atoms with Crippen molar-refractivity contribution < 1.29 is 18.8 Å². The van der Waals surface area contributed by atoms with Crippen molar-refractivity contribution >= 4 is 31.7 Å². The molecule has 1 heterocycles. The van der Waals surface area contributed by atoms with E-state index in [9.17, 15) is 9.59 Å². The van der Waals surface area contributed by atoms with Crippen molar-refractivity contribution in [3.8, 4) is 0 Å². The Hall–Kier alpha value is -2.00. The summed E-state index contributed by atoms with van der Waals surface area (Å²) in [6.45, 7) is 14.4. The molecule has 1 aromatic rings. The largest absolute Gasteiger partial charge is 0.456 e. The number of hydrogen-bond donors (Lipinski definition) is 2. The fourth-order valence-electron chi connectivity index (χ4n) is 1.71. The number of aromatic nitrogens is 2. The summed E-state index contributed by atoms with van der Waals surface area (Å²) in [5, 5.41) is 6.00. The molecule has 0 saturated heterocycles. The van der Waals surface area contributed by atoms with E-state index in [1.807, 2.05) is 6.92 Å². The molecule has 1 amide bonds. The van der Waals surface area contributed by atoms with Crippen molar-refractivity contribution in [3.05, 3.63) is 12.5 Å². The molecule has 0 unspecified atom stereocenters. The van der Waals surface area contributed by atoms with Gasteiger partial charge in [-0.1, -0.05) is 20.8 Å². The quantitative estimate of drug-likeness (QED) is 0.526. The van der Waals surface area contributed by atoms with E-state index >= 15 is 0 Å². The van der Waals surface area contributed by atoms with Gasteiger partial charge in [-0.05, 0) is 25.1 Å². The Morgan fingerprint density at radius 1 is 1.31 bits per heavy atom. The average Bonchev–Trinajstić information content (AvgIpc) is 2.52. The molecule has 0 fully saturated rings. The highest BCUT2D eigenvalue weighted by Crippen LogP contribution is 2.36. The minimum atomic E-state index is -1.84. The van der Waals surface area contributed by atoms with Crippen LogP contribution in [0.3, 0.4) is 0 Å². The molecule has 0 aliphatic rings. The van der Waals surface area contributed by atoms with Crippen LogP contribution in [0.2, 0.25) is 18.1 Å². The van der Waals surface area contributed by atoms with Crippen LogP contribution in [-0.4, -0.2) is 49.4 Å². The zero-order valence-corrected chi connectivity index (χ0v) is 17.7. The minimum absolute atomic E-state index is 0.0110. The van der Waals surface area contributed by atoms with Crippen molar-refractivity contribution in [2.75, 3.05) is 23.8 Å². The average molecular weight is 383 g/mol. The third-order valence-electron chi connectivity index (χ3n) is 4.28. The second-order valence-electron chi connectivity index (χ2n) is 7.73. The summed E-state index contributed by atoms with van der Waals surface area (Å²) >= 11 is 0. The molecule has 0 radical (unpaired) electrons. The summed E-state index contributed by atoms with van der Waals surface area (Å²) in [5.41, 5.74) is 0.420. The summed E-state index contributed by atoms with van der Waals surface area (Å²) in [6, 6.07) is -0.0110. The van der Waals surface area contributed by atoms with E-state index in [-0.39, 0.29) is 17.7 Å². The number of anilines is 2. The Balaban J connectivity index is 2.67.